The average Bonchev–Trinajstić information content (AvgIpc) is 2.80. The Kier molecular flexibility index (Phi) is 16.3. The zero-order chi connectivity index (χ0) is 22.5. The molecule has 4 rings (SSSR count). The summed E-state index contributed by atoms with van der Waals surface area (Å²) in [6, 6.07) is 18.3. The number of benzene rings is 2. The summed E-state index contributed by atoms with van der Waals surface area (Å²) in [5.74, 6) is 1.50. The molecule has 0 spiro atoms. The first-order valence-electron chi connectivity index (χ1n) is 10.3. The fraction of sp³-hybridized carbons (Fsp3) is 0.375. The first-order valence-corrected chi connectivity index (χ1v) is 10.3. The summed E-state index contributed by atoms with van der Waals surface area (Å²) in [5.41, 5.74) is 1.08. The van der Waals surface area contributed by atoms with Crippen LogP contribution in [0.4, 0.5) is 0 Å². The maximum atomic E-state index is 11.3. The van der Waals surface area contributed by atoms with Crippen LogP contribution in [-0.2, 0) is 14.4 Å². The minimum Gasteiger partial charge on any atom is -1.00 e. The third-order valence-corrected chi connectivity index (χ3v) is 4.73. The van der Waals surface area contributed by atoms with Gasteiger partial charge >= 0.3 is 23.1 Å². The van der Waals surface area contributed by atoms with Crippen molar-refractivity contribution in [2.24, 2.45) is 0 Å². The summed E-state index contributed by atoms with van der Waals surface area (Å²) in [5, 5.41) is 5.19. The zero-order valence-electron chi connectivity index (χ0n) is 19.1. The van der Waals surface area contributed by atoms with Gasteiger partial charge in [-0.3, -0.25) is 19.7 Å². The molecular weight excluding hydrogens is 500 g/mol. The average molecular weight is 530 g/mol. The molecule has 1 unspecified atom stereocenters. The maximum Gasteiger partial charge on any atom is 2.00 e. The number of carbonyl (C=O) groups excluding carboxylic acids is 3. The second-order valence-electron chi connectivity index (χ2n) is 7.01. The Morgan fingerprint density at radius 3 is 1.97 bits per heavy atom. The largest absolute Gasteiger partial charge is 2.00 e. The van der Waals surface area contributed by atoms with Crippen molar-refractivity contribution in [3.8, 4) is 11.5 Å². The molecule has 2 aliphatic heterocycles. The van der Waals surface area contributed by atoms with E-state index in [0.29, 0.717) is 25.7 Å². The number of carbonyl (C=O) groups is 3. The van der Waals surface area contributed by atoms with E-state index in [0.717, 1.165) is 29.9 Å². The van der Waals surface area contributed by atoms with Crippen LogP contribution >= 0.6 is 0 Å². The summed E-state index contributed by atoms with van der Waals surface area (Å²) < 4.78 is 10.1. The van der Waals surface area contributed by atoms with E-state index in [1.165, 1.54) is 0 Å². The first kappa shape index (κ1) is 30.9. The molecule has 0 saturated carbocycles. The van der Waals surface area contributed by atoms with E-state index in [4.69, 9.17) is 9.47 Å². The molecule has 0 bridgehead atoms. The molecule has 0 aromatic heterocycles. The molecule has 3 amide bonds. The van der Waals surface area contributed by atoms with Gasteiger partial charge in [0.2, 0.25) is 17.7 Å². The van der Waals surface area contributed by atoms with Crippen LogP contribution in [0.2, 0.25) is 0 Å². The fourth-order valence-electron chi connectivity index (χ4n) is 3.19. The second kappa shape index (κ2) is 17.4. The summed E-state index contributed by atoms with van der Waals surface area (Å²) in [6.07, 6.45) is 4.31. The normalized spacial score (nSPS) is 16.5. The van der Waals surface area contributed by atoms with E-state index in [9.17, 15) is 14.4 Å². The minimum absolute atomic E-state index is 0. The van der Waals surface area contributed by atoms with E-state index in [1.54, 1.807) is 14.2 Å². The van der Waals surface area contributed by atoms with Crippen molar-refractivity contribution in [1.29, 1.82) is 0 Å². The monoisotopic (exact) mass is 528 g/mol. The molecule has 9 heteroatoms. The molecule has 2 heterocycles. The van der Waals surface area contributed by atoms with E-state index in [2.05, 4.69) is 16.7 Å². The van der Waals surface area contributed by atoms with Gasteiger partial charge in [0.25, 0.3) is 0 Å². The van der Waals surface area contributed by atoms with Gasteiger partial charge in [-0.2, -0.15) is 18.2 Å². The third-order valence-electron chi connectivity index (χ3n) is 4.73. The van der Waals surface area contributed by atoms with Crippen LogP contribution in [-0.4, -0.2) is 55.0 Å². The Morgan fingerprint density at radius 1 is 0.848 bits per heavy atom. The van der Waals surface area contributed by atoms with Crippen molar-refractivity contribution in [2.45, 2.75) is 44.6 Å². The molecule has 2 N–H and O–H groups in total. The molecule has 2 aliphatic rings. The van der Waals surface area contributed by atoms with Gasteiger partial charge in [-0.15, -0.1) is 12.1 Å². The van der Waals surface area contributed by atoms with Crippen LogP contribution in [0.15, 0.2) is 48.5 Å². The van der Waals surface area contributed by atoms with E-state index >= 15 is 0 Å². The third kappa shape index (κ3) is 11.5. The number of hydrogen-bond acceptors (Lipinski definition) is 5. The van der Waals surface area contributed by atoms with Gasteiger partial charge in [0.1, 0.15) is 5.75 Å². The van der Waals surface area contributed by atoms with E-state index in [1.807, 2.05) is 48.5 Å². The maximum absolute atomic E-state index is 11.3. The van der Waals surface area contributed by atoms with Crippen molar-refractivity contribution >= 4 is 40.8 Å². The number of para-hydroxylation sites is 2. The number of rotatable bonds is 3. The van der Waals surface area contributed by atoms with Crippen molar-refractivity contribution in [1.82, 2.24) is 10.6 Å². The molecule has 174 valence electrons. The molecule has 2 aromatic carbocycles. The molecule has 7 nitrogen and oxygen atoms in total. The van der Waals surface area contributed by atoms with Crippen LogP contribution in [0.25, 0.3) is 0 Å². The Morgan fingerprint density at radius 2 is 1.48 bits per heavy atom. The number of ether oxygens (including phenoxy) is 2. The van der Waals surface area contributed by atoms with E-state index < -0.39 is 0 Å². The van der Waals surface area contributed by atoms with Crippen LogP contribution < -0.4 is 37.1 Å². The molecule has 2 saturated heterocycles. The fourth-order valence-corrected chi connectivity index (χ4v) is 3.19. The number of hydrogen-bond donors (Lipinski definition) is 2. The van der Waals surface area contributed by atoms with Gasteiger partial charge in [0.05, 0.1) is 20.3 Å². The van der Waals surface area contributed by atoms with Gasteiger partial charge < -0.3 is 31.8 Å². The quantitative estimate of drug-likeness (QED) is 0.331. The number of methoxy groups -OCH3 is 2. The van der Waals surface area contributed by atoms with Gasteiger partial charge in [-0.1, -0.05) is 18.2 Å². The second-order valence-corrected chi connectivity index (χ2v) is 7.01. The van der Waals surface area contributed by atoms with Crippen LogP contribution in [0, 0.1) is 6.07 Å². The number of amides is 3. The smallest absolute Gasteiger partial charge is 1.00 e. The number of halogens is 1. The van der Waals surface area contributed by atoms with E-state index in [-0.39, 0.29) is 63.8 Å². The summed E-state index contributed by atoms with van der Waals surface area (Å²) in [6.45, 7) is 0. The minimum atomic E-state index is -0.138. The zero-order valence-corrected chi connectivity index (χ0v) is 22.1. The predicted molar refractivity (Wildman–Crippen MR) is 122 cm³/mol. The van der Waals surface area contributed by atoms with Crippen molar-refractivity contribution in [3.63, 3.8) is 0 Å². The van der Waals surface area contributed by atoms with Crippen LogP contribution in [0.1, 0.15) is 50.1 Å². The summed E-state index contributed by atoms with van der Waals surface area (Å²) in [4.78, 5) is 32.0. The molecule has 0 aliphatic carbocycles. The Balaban J connectivity index is 0.000000489. The standard InChI is InChI=1S/C12H15NO2.C7H7O.C5H7NO2.BrH.Mg/c1-15-11-7-3-2-5-9(11)10-6-4-8-12(14)13-10;1-8-7-5-3-2-4-6-7;7-4-2-1-3-5(8)6-4;;/h2-3,5,7,10H,4,6,8H2,1H3,(H,13,14);2-5H,1H3;1-3H2,(H,6,7,8);1H;/q;-1;;;+2/p-1. The number of nitrogens with one attached hydrogen (secondary N) is 2. The number of imide groups is 1. The molecule has 2 fully saturated rings. The van der Waals surface area contributed by atoms with Crippen molar-refractivity contribution in [3.05, 3.63) is 60.2 Å². The van der Waals surface area contributed by atoms with Gasteiger partial charge in [0, 0.05) is 30.6 Å². The Hall–Kier alpha value is -2.10. The topological polar surface area (TPSA) is 93.7 Å². The molecule has 33 heavy (non-hydrogen) atoms. The predicted octanol–water partition coefficient (Wildman–Crippen LogP) is -0.0319. The molecule has 2 aromatic rings. The molecular formula is C24H29BrMgN2O5. The number of piperidine rings is 2. The Bertz CT molecular complexity index is 853. The van der Waals surface area contributed by atoms with Crippen molar-refractivity contribution in [2.75, 3.05) is 14.2 Å². The van der Waals surface area contributed by atoms with Crippen LogP contribution in [0.3, 0.4) is 0 Å². The summed E-state index contributed by atoms with van der Waals surface area (Å²) >= 11 is 0. The molecule has 1 atom stereocenters. The molecule has 0 radical (unpaired) electrons. The van der Waals surface area contributed by atoms with Gasteiger partial charge in [-0.25, -0.2) is 0 Å². The van der Waals surface area contributed by atoms with Crippen molar-refractivity contribution < 1.29 is 40.8 Å². The summed E-state index contributed by atoms with van der Waals surface area (Å²) in [7, 11) is 3.29. The SMILES string of the molecule is COc1[c-]cccc1.COc1ccccc1C1CCCC(=O)N1.O=C1CCCC(=O)N1.[Br-].[Mg+2]. The Labute approximate surface area is 221 Å². The first-order chi connectivity index (χ1) is 15.0. The van der Waals surface area contributed by atoms with Crippen LogP contribution in [0.5, 0.6) is 11.5 Å². The van der Waals surface area contributed by atoms with Gasteiger partial charge in [0.15, 0.2) is 0 Å². The van der Waals surface area contributed by atoms with Gasteiger partial charge in [-0.05, 0) is 25.3 Å².